The molecule has 136 valence electrons. The van der Waals surface area contributed by atoms with Crippen LogP contribution < -0.4 is 15.4 Å². The van der Waals surface area contributed by atoms with E-state index in [0.717, 1.165) is 11.1 Å². The largest absolute Gasteiger partial charge is 0.483 e. The van der Waals surface area contributed by atoms with Crippen LogP contribution in [0.3, 0.4) is 0 Å². The van der Waals surface area contributed by atoms with E-state index in [-0.39, 0.29) is 18.4 Å². The molecule has 0 unspecified atom stereocenters. The van der Waals surface area contributed by atoms with Gasteiger partial charge in [0.2, 0.25) is 0 Å². The lowest BCUT2D eigenvalue weighted by Gasteiger charge is -2.12. The van der Waals surface area contributed by atoms with E-state index in [1.165, 1.54) is 0 Å². The Morgan fingerprint density at radius 1 is 0.852 bits per heavy atom. The molecule has 27 heavy (non-hydrogen) atoms. The zero-order chi connectivity index (χ0) is 19.1. The summed E-state index contributed by atoms with van der Waals surface area (Å²) in [5.74, 6) is 0.202. The number of hydrogen-bond donors (Lipinski definition) is 2. The second-order valence-corrected chi connectivity index (χ2v) is 5.86. The molecule has 2 N–H and O–H groups in total. The maximum absolute atomic E-state index is 12.2. The summed E-state index contributed by atoms with van der Waals surface area (Å²) in [6.07, 6.45) is 0. The van der Waals surface area contributed by atoms with Crippen molar-refractivity contribution in [2.45, 2.75) is 0 Å². The second-order valence-electron chi connectivity index (χ2n) is 5.86. The van der Waals surface area contributed by atoms with E-state index in [1.807, 2.05) is 54.6 Å². The number of amides is 2. The van der Waals surface area contributed by atoms with Crippen molar-refractivity contribution < 1.29 is 14.3 Å². The van der Waals surface area contributed by atoms with Gasteiger partial charge in [-0.05, 0) is 35.9 Å². The van der Waals surface area contributed by atoms with Crippen molar-refractivity contribution in [3.63, 3.8) is 0 Å². The summed E-state index contributed by atoms with van der Waals surface area (Å²) >= 11 is 0. The van der Waals surface area contributed by atoms with Crippen molar-refractivity contribution in [2.75, 3.05) is 19.0 Å². The third-order valence-electron chi connectivity index (χ3n) is 3.99. The van der Waals surface area contributed by atoms with Crippen LogP contribution in [0.2, 0.25) is 0 Å². The number of carbonyl (C=O) groups excluding carboxylic acids is 2. The highest BCUT2D eigenvalue weighted by molar-refractivity contribution is 5.96. The number of rotatable bonds is 6. The Kier molecular flexibility index (Phi) is 5.84. The SMILES string of the molecule is CNC(=O)c1ccc(NC(=O)COc2ccccc2-c2ccccc2)cc1. The Morgan fingerprint density at radius 2 is 1.52 bits per heavy atom. The molecule has 0 bridgehead atoms. The first-order valence-corrected chi connectivity index (χ1v) is 8.56. The molecule has 0 heterocycles. The summed E-state index contributed by atoms with van der Waals surface area (Å²) < 4.78 is 5.73. The molecular weight excluding hydrogens is 340 g/mol. The minimum Gasteiger partial charge on any atom is -0.483 e. The van der Waals surface area contributed by atoms with Gasteiger partial charge in [-0.3, -0.25) is 9.59 Å². The van der Waals surface area contributed by atoms with Crippen LogP contribution in [0, 0.1) is 0 Å². The number of ether oxygens (including phenoxy) is 1. The van der Waals surface area contributed by atoms with Crippen LogP contribution >= 0.6 is 0 Å². The van der Waals surface area contributed by atoms with E-state index in [1.54, 1.807) is 31.3 Å². The highest BCUT2D eigenvalue weighted by atomic mass is 16.5. The molecule has 0 aliphatic carbocycles. The summed E-state index contributed by atoms with van der Waals surface area (Å²) in [6.45, 7) is -0.110. The predicted octanol–water partition coefficient (Wildman–Crippen LogP) is 3.73. The van der Waals surface area contributed by atoms with Gasteiger partial charge in [-0.25, -0.2) is 0 Å². The number of para-hydroxylation sites is 1. The summed E-state index contributed by atoms with van der Waals surface area (Å²) in [4.78, 5) is 23.7. The molecular formula is C22H20N2O3. The first-order chi connectivity index (χ1) is 13.2. The van der Waals surface area contributed by atoms with Crippen LogP contribution in [0.1, 0.15) is 10.4 Å². The molecule has 3 aromatic rings. The Balaban J connectivity index is 1.62. The Morgan fingerprint density at radius 3 is 2.22 bits per heavy atom. The number of hydrogen-bond acceptors (Lipinski definition) is 3. The average molecular weight is 360 g/mol. The summed E-state index contributed by atoms with van der Waals surface area (Å²) in [7, 11) is 1.57. The van der Waals surface area contributed by atoms with Crippen LogP contribution in [0.5, 0.6) is 5.75 Å². The highest BCUT2D eigenvalue weighted by Crippen LogP contribution is 2.29. The fraction of sp³-hybridized carbons (Fsp3) is 0.0909. The first-order valence-electron chi connectivity index (χ1n) is 8.56. The fourth-order valence-corrected chi connectivity index (χ4v) is 2.64. The molecule has 0 aliphatic heterocycles. The van der Waals surface area contributed by atoms with E-state index in [0.29, 0.717) is 17.0 Å². The van der Waals surface area contributed by atoms with E-state index in [4.69, 9.17) is 4.74 Å². The zero-order valence-electron chi connectivity index (χ0n) is 14.9. The molecule has 0 atom stereocenters. The highest BCUT2D eigenvalue weighted by Gasteiger charge is 2.09. The molecule has 5 nitrogen and oxygen atoms in total. The minimum absolute atomic E-state index is 0.110. The lowest BCUT2D eigenvalue weighted by atomic mass is 10.1. The van der Waals surface area contributed by atoms with Crippen LogP contribution in [-0.4, -0.2) is 25.5 Å². The van der Waals surface area contributed by atoms with Crippen molar-refractivity contribution in [1.29, 1.82) is 0 Å². The molecule has 0 saturated carbocycles. The molecule has 0 aliphatic rings. The number of benzene rings is 3. The van der Waals surface area contributed by atoms with Gasteiger partial charge in [0.15, 0.2) is 6.61 Å². The minimum atomic E-state index is -0.273. The van der Waals surface area contributed by atoms with Crippen molar-refractivity contribution in [1.82, 2.24) is 5.32 Å². The Hall–Kier alpha value is -3.60. The van der Waals surface area contributed by atoms with Crippen LogP contribution in [-0.2, 0) is 4.79 Å². The van der Waals surface area contributed by atoms with Gasteiger partial charge in [-0.15, -0.1) is 0 Å². The molecule has 0 radical (unpaired) electrons. The topological polar surface area (TPSA) is 67.4 Å². The van der Waals surface area contributed by atoms with Crippen molar-refractivity contribution >= 4 is 17.5 Å². The maximum atomic E-state index is 12.2. The average Bonchev–Trinajstić information content (AvgIpc) is 2.73. The quantitative estimate of drug-likeness (QED) is 0.704. The Bertz CT molecular complexity index is 922. The first kappa shape index (κ1) is 18.2. The van der Waals surface area contributed by atoms with E-state index in [9.17, 15) is 9.59 Å². The number of nitrogens with one attached hydrogen (secondary N) is 2. The summed E-state index contributed by atoms with van der Waals surface area (Å²) in [5.41, 5.74) is 3.09. The zero-order valence-corrected chi connectivity index (χ0v) is 14.9. The third-order valence-corrected chi connectivity index (χ3v) is 3.99. The second kappa shape index (κ2) is 8.67. The van der Waals surface area contributed by atoms with Gasteiger partial charge >= 0.3 is 0 Å². The van der Waals surface area contributed by atoms with E-state index >= 15 is 0 Å². The van der Waals surface area contributed by atoms with Gasteiger partial charge < -0.3 is 15.4 Å². The van der Waals surface area contributed by atoms with Gasteiger partial charge in [0.05, 0.1) is 0 Å². The van der Waals surface area contributed by atoms with Crippen LogP contribution in [0.25, 0.3) is 11.1 Å². The molecule has 0 spiro atoms. The van der Waals surface area contributed by atoms with Crippen molar-refractivity contribution in [2.24, 2.45) is 0 Å². The van der Waals surface area contributed by atoms with Gasteiger partial charge in [0.25, 0.3) is 11.8 Å². The molecule has 5 heteroatoms. The smallest absolute Gasteiger partial charge is 0.262 e. The van der Waals surface area contributed by atoms with Crippen LogP contribution in [0.4, 0.5) is 5.69 Å². The summed E-state index contributed by atoms with van der Waals surface area (Å²) in [5, 5.41) is 5.31. The molecule has 3 rings (SSSR count). The molecule has 3 aromatic carbocycles. The van der Waals surface area contributed by atoms with Crippen molar-refractivity contribution in [3.8, 4) is 16.9 Å². The Labute approximate surface area is 158 Å². The van der Waals surface area contributed by atoms with Gasteiger partial charge in [-0.1, -0.05) is 48.5 Å². The molecule has 0 fully saturated rings. The monoisotopic (exact) mass is 360 g/mol. The van der Waals surface area contributed by atoms with Gasteiger partial charge in [0.1, 0.15) is 5.75 Å². The lowest BCUT2D eigenvalue weighted by molar-refractivity contribution is -0.118. The summed E-state index contributed by atoms with van der Waals surface area (Å²) in [6, 6.07) is 24.1. The predicted molar refractivity (Wildman–Crippen MR) is 106 cm³/mol. The number of anilines is 1. The maximum Gasteiger partial charge on any atom is 0.262 e. The third kappa shape index (κ3) is 4.73. The molecule has 0 saturated heterocycles. The van der Waals surface area contributed by atoms with E-state index < -0.39 is 0 Å². The fourth-order valence-electron chi connectivity index (χ4n) is 2.64. The van der Waals surface area contributed by atoms with E-state index in [2.05, 4.69) is 10.6 Å². The van der Waals surface area contributed by atoms with Crippen LogP contribution in [0.15, 0.2) is 78.9 Å². The normalized spacial score (nSPS) is 10.1. The van der Waals surface area contributed by atoms with Gasteiger partial charge in [-0.2, -0.15) is 0 Å². The molecule has 2 amide bonds. The number of carbonyl (C=O) groups is 2. The lowest BCUT2D eigenvalue weighted by Crippen LogP contribution is -2.21. The van der Waals surface area contributed by atoms with Crippen molar-refractivity contribution in [3.05, 3.63) is 84.4 Å². The molecule has 0 aromatic heterocycles. The van der Waals surface area contributed by atoms with Gasteiger partial charge in [0, 0.05) is 23.9 Å². The standard InChI is InChI=1S/C22H20N2O3/c1-23-22(26)17-11-13-18(14-12-17)24-21(25)15-27-20-10-6-5-9-19(20)16-7-3-2-4-8-16/h2-14H,15H2,1H3,(H,23,26)(H,24,25).